The van der Waals surface area contributed by atoms with Gasteiger partial charge in [-0.05, 0) is 56.6 Å². The summed E-state index contributed by atoms with van der Waals surface area (Å²) in [6, 6.07) is 5.08. The van der Waals surface area contributed by atoms with Crippen molar-refractivity contribution in [2.75, 3.05) is 11.9 Å². The standard InChI is InChI=1S/C18H23N3O4/c22-18(20-13-4-5-13)12-3-6-15(16(9-12)21(23)24)19-14-7-8-25-17(10-14)11-1-2-11/h3,6,9,11,13-14,17,19H,1-2,4-5,7-8,10H2,(H,20,22). The highest BCUT2D eigenvalue weighted by Gasteiger charge is 2.36. The number of hydrogen-bond acceptors (Lipinski definition) is 5. The maximum atomic E-state index is 12.1. The summed E-state index contributed by atoms with van der Waals surface area (Å²) in [6.45, 7) is 0.689. The van der Waals surface area contributed by atoms with Gasteiger partial charge in [0, 0.05) is 30.3 Å². The summed E-state index contributed by atoms with van der Waals surface area (Å²) in [7, 11) is 0. The summed E-state index contributed by atoms with van der Waals surface area (Å²) < 4.78 is 5.81. The summed E-state index contributed by atoms with van der Waals surface area (Å²) in [4.78, 5) is 23.2. The van der Waals surface area contributed by atoms with E-state index in [0.717, 1.165) is 25.7 Å². The lowest BCUT2D eigenvalue weighted by Crippen LogP contribution is -2.35. The average molecular weight is 345 g/mol. The zero-order valence-electron chi connectivity index (χ0n) is 14.1. The number of carbonyl (C=O) groups excluding carboxylic acids is 1. The van der Waals surface area contributed by atoms with E-state index in [1.165, 1.54) is 18.9 Å². The minimum absolute atomic E-state index is 0.0436. The van der Waals surface area contributed by atoms with E-state index in [2.05, 4.69) is 10.6 Å². The van der Waals surface area contributed by atoms with E-state index in [0.29, 0.717) is 23.8 Å². The van der Waals surface area contributed by atoms with Gasteiger partial charge >= 0.3 is 0 Å². The summed E-state index contributed by atoms with van der Waals surface area (Å²) >= 11 is 0. The van der Waals surface area contributed by atoms with Crippen molar-refractivity contribution in [3.63, 3.8) is 0 Å². The first kappa shape index (κ1) is 16.3. The highest BCUT2D eigenvalue weighted by molar-refractivity contribution is 5.96. The van der Waals surface area contributed by atoms with E-state index in [9.17, 15) is 14.9 Å². The molecule has 1 aromatic rings. The molecule has 2 unspecified atom stereocenters. The SMILES string of the molecule is O=C(NC1CC1)c1ccc(NC2CCOC(C3CC3)C2)c([N+](=O)[O-])c1. The van der Waals surface area contributed by atoms with Crippen LogP contribution in [-0.2, 0) is 4.74 Å². The molecule has 0 aromatic heterocycles. The van der Waals surface area contributed by atoms with Gasteiger partial charge in [0.25, 0.3) is 11.6 Å². The molecule has 0 bridgehead atoms. The Hall–Kier alpha value is -2.15. The average Bonchev–Trinajstić information content (AvgIpc) is 3.49. The molecule has 3 aliphatic rings. The smallest absolute Gasteiger partial charge is 0.293 e. The van der Waals surface area contributed by atoms with Crippen molar-refractivity contribution in [2.45, 2.75) is 56.7 Å². The fourth-order valence-electron chi connectivity index (χ4n) is 3.42. The van der Waals surface area contributed by atoms with Gasteiger partial charge in [0.15, 0.2) is 0 Å². The number of nitrogens with zero attached hydrogens (tertiary/aromatic N) is 1. The lowest BCUT2D eigenvalue weighted by Gasteiger charge is -2.30. The van der Waals surface area contributed by atoms with Crippen molar-refractivity contribution in [3.8, 4) is 0 Å². The molecule has 1 saturated heterocycles. The van der Waals surface area contributed by atoms with Crippen LogP contribution in [0.2, 0.25) is 0 Å². The minimum atomic E-state index is -0.423. The second-order valence-corrected chi connectivity index (χ2v) is 7.35. The third-order valence-corrected chi connectivity index (χ3v) is 5.19. The number of carbonyl (C=O) groups is 1. The summed E-state index contributed by atoms with van der Waals surface area (Å²) in [5, 5.41) is 17.6. The second-order valence-electron chi connectivity index (χ2n) is 7.35. The molecular formula is C18H23N3O4. The van der Waals surface area contributed by atoms with Crippen molar-refractivity contribution < 1.29 is 14.5 Å². The lowest BCUT2D eigenvalue weighted by molar-refractivity contribution is -0.384. The predicted octanol–water partition coefficient (Wildman–Crippen LogP) is 2.86. The Labute approximate surface area is 146 Å². The van der Waals surface area contributed by atoms with Crippen LogP contribution in [0.5, 0.6) is 0 Å². The van der Waals surface area contributed by atoms with Crippen molar-refractivity contribution in [3.05, 3.63) is 33.9 Å². The van der Waals surface area contributed by atoms with Gasteiger partial charge in [-0.2, -0.15) is 0 Å². The molecule has 2 saturated carbocycles. The number of benzene rings is 1. The molecule has 2 atom stereocenters. The van der Waals surface area contributed by atoms with E-state index in [1.54, 1.807) is 12.1 Å². The van der Waals surface area contributed by atoms with E-state index in [1.807, 2.05) is 0 Å². The molecular weight excluding hydrogens is 322 g/mol. The van der Waals surface area contributed by atoms with Crippen LogP contribution in [0.15, 0.2) is 18.2 Å². The molecule has 1 aliphatic heterocycles. The molecule has 1 amide bonds. The highest BCUT2D eigenvalue weighted by Crippen LogP contribution is 2.39. The van der Waals surface area contributed by atoms with Gasteiger partial charge in [-0.1, -0.05) is 0 Å². The second kappa shape index (κ2) is 6.63. The summed E-state index contributed by atoms with van der Waals surface area (Å²) in [5.74, 6) is 0.421. The highest BCUT2D eigenvalue weighted by atomic mass is 16.6. The third-order valence-electron chi connectivity index (χ3n) is 5.19. The van der Waals surface area contributed by atoms with Crippen LogP contribution in [-0.4, -0.2) is 35.6 Å². The number of amides is 1. The molecule has 134 valence electrons. The first-order chi connectivity index (χ1) is 12.1. The van der Waals surface area contributed by atoms with Gasteiger partial charge in [-0.15, -0.1) is 0 Å². The van der Waals surface area contributed by atoms with Crippen LogP contribution in [0, 0.1) is 16.0 Å². The van der Waals surface area contributed by atoms with Gasteiger partial charge < -0.3 is 15.4 Å². The van der Waals surface area contributed by atoms with Crippen LogP contribution >= 0.6 is 0 Å². The normalized spacial score (nSPS) is 26.1. The van der Waals surface area contributed by atoms with Gasteiger partial charge in [0.2, 0.25) is 0 Å². The van der Waals surface area contributed by atoms with Crippen LogP contribution in [0.25, 0.3) is 0 Å². The molecule has 0 radical (unpaired) electrons. The molecule has 25 heavy (non-hydrogen) atoms. The Morgan fingerprint density at radius 3 is 2.64 bits per heavy atom. The van der Waals surface area contributed by atoms with Crippen LogP contribution < -0.4 is 10.6 Å². The van der Waals surface area contributed by atoms with Crippen molar-refractivity contribution in [1.29, 1.82) is 0 Å². The quantitative estimate of drug-likeness (QED) is 0.611. The monoisotopic (exact) mass is 345 g/mol. The Kier molecular flexibility index (Phi) is 4.33. The number of anilines is 1. The largest absolute Gasteiger partial charge is 0.378 e. The van der Waals surface area contributed by atoms with Gasteiger partial charge in [-0.25, -0.2) is 0 Å². The molecule has 1 aromatic carbocycles. The molecule has 2 N–H and O–H groups in total. The summed E-state index contributed by atoms with van der Waals surface area (Å²) in [5.41, 5.74) is 0.777. The number of ether oxygens (including phenoxy) is 1. The fraction of sp³-hybridized carbons (Fsp3) is 0.611. The third kappa shape index (κ3) is 3.92. The number of rotatable bonds is 6. The number of nitro groups is 1. The van der Waals surface area contributed by atoms with Crippen molar-refractivity contribution in [1.82, 2.24) is 5.32 Å². The molecule has 4 rings (SSSR count). The first-order valence-corrected chi connectivity index (χ1v) is 9.07. The van der Waals surface area contributed by atoms with E-state index >= 15 is 0 Å². The van der Waals surface area contributed by atoms with Crippen LogP contribution in [0.1, 0.15) is 48.9 Å². The number of nitro benzene ring substituents is 1. The van der Waals surface area contributed by atoms with Gasteiger partial charge in [0.1, 0.15) is 5.69 Å². The number of nitrogens with one attached hydrogen (secondary N) is 2. The van der Waals surface area contributed by atoms with Crippen LogP contribution in [0.4, 0.5) is 11.4 Å². The zero-order valence-corrected chi connectivity index (χ0v) is 14.1. The molecule has 2 aliphatic carbocycles. The fourth-order valence-corrected chi connectivity index (χ4v) is 3.42. The maximum Gasteiger partial charge on any atom is 0.293 e. The molecule has 1 heterocycles. The minimum Gasteiger partial charge on any atom is -0.378 e. The number of hydrogen-bond donors (Lipinski definition) is 2. The zero-order chi connectivity index (χ0) is 17.4. The maximum absolute atomic E-state index is 12.1. The van der Waals surface area contributed by atoms with Crippen LogP contribution in [0.3, 0.4) is 0 Å². The topological polar surface area (TPSA) is 93.5 Å². The Bertz CT molecular complexity index is 685. The Balaban J connectivity index is 1.47. The summed E-state index contributed by atoms with van der Waals surface area (Å²) in [6.07, 6.45) is 6.41. The Morgan fingerprint density at radius 2 is 1.96 bits per heavy atom. The molecule has 3 fully saturated rings. The molecule has 7 nitrogen and oxygen atoms in total. The van der Waals surface area contributed by atoms with Gasteiger partial charge in [-0.3, -0.25) is 14.9 Å². The van der Waals surface area contributed by atoms with E-state index in [-0.39, 0.29) is 29.8 Å². The molecule has 7 heteroatoms. The lowest BCUT2D eigenvalue weighted by atomic mass is 9.99. The van der Waals surface area contributed by atoms with E-state index < -0.39 is 4.92 Å². The van der Waals surface area contributed by atoms with Crippen molar-refractivity contribution in [2.24, 2.45) is 5.92 Å². The first-order valence-electron chi connectivity index (χ1n) is 9.07. The Morgan fingerprint density at radius 1 is 1.16 bits per heavy atom. The predicted molar refractivity (Wildman–Crippen MR) is 92.7 cm³/mol. The van der Waals surface area contributed by atoms with Crippen molar-refractivity contribution >= 4 is 17.3 Å². The van der Waals surface area contributed by atoms with Gasteiger partial charge in [0.05, 0.1) is 11.0 Å². The molecule has 0 spiro atoms. The van der Waals surface area contributed by atoms with E-state index in [4.69, 9.17) is 4.74 Å².